The van der Waals surface area contributed by atoms with Gasteiger partial charge in [0.1, 0.15) is 4.90 Å². The Bertz CT molecular complexity index is 1260. The van der Waals surface area contributed by atoms with Crippen LogP contribution in [0.15, 0.2) is 65.6 Å². The summed E-state index contributed by atoms with van der Waals surface area (Å²) in [6, 6.07) is 15.8. The molecule has 0 amide bonds. The minimum absolute atomic E-state index is 0.112. The molecule has 7 heteroatoms. The molecule has 1 aliphatic rings. The fourth-order valence-electron chi connectivity index (χ4n) is 3.34. The van der Waals surface area contributed by atoms with Crippen LogP contribution in [0, 0.1) is 6.92 Å². The van der Waals surface area contributed by atoms with Crippen LogP contribution in [0.25, 0.3) is 0 Å². The normalized spacial score (nSPS) is 13.1. The van der Waals surface area contributed by atoms with Crippen LogP contribution in [-0.4, -0.2) is 24.5 Å². The molecule has 4 rings (SSSR count). The molecule has 0 aromatic heterocycles. The molecule has 0 heterocycles. The molecule has 3 aromatic rings. The van der Waals surface area contributed by atoms with Crippen molar-refractivity contribution in [2.75, 3.05) is 5.32 Å². The Balaban J connectivity index is 1.88. The van der Waals surface area contributed by atoms with Crippen molar-refractivity contribution in [3.05, 3.63) is 88.5 Å². The van der Waals surface area contributed by atoms with Crippen molar-refractivity contribution < 1.29 is 22.6 Å². The molecule has 0 atom stereocenters. The van der Waals surface area contributed by atoms with E-state index in [0.29, 0.717) is 22.4 Å². The number of aryl methyl sites for hydroxylation is 1. The fraction of sp³-hybridized carbons (Fsp3) is 0.0476. The second kappa shape index (κ2) is 6.40. The topological polar surface area (TPSA) is 101 Å². The Labute approximate surface area is 161 Å². The highest BCUT2D eigenvalue weighted by atomic mass is 32.2. The summed E-state index contributed by atoms with van der Waals surface area (Å²) in [5.74, 6) is -0.596. The van der Waals surface area contributed by atoms with E-state index in [1.165, 1.54) is 12.1 Å². The number of ketones is 2. The van der Waals surface area contributed by atoms with E-state index in [1.807, 2.05) is 0 Å². The van der Waals surface area contributed by atoms with Gasteiger partial charge in [0.25, 0.3) is 10.1 Å². The Morgan fingerprint density at radius 2 is 1.43 bits per heavy atom. The number of rotatable bonds is 3. The summed E-state index contributed by atoms with van der Waals surface area (Å²) in [7, 11) is -4.48. The van der Waals surface area contributed by atoms with Gasteiger partial charge in [-0.05, 0) is 30.7 Å². The lowest BCUT2D eigenvalue weighted by molar-refractivity contribution is 0.0979. The van der Waals surface area contributed by atoms with Crippen LogP contribution in [0.4, 0.5) is 11.4 Å². The lowest BCUT2D eigenvalue weighted by Gasteiger charge is -2.21. The third-order valence-electron chi connectivity index (χ3n) is 4.64. The highest BCUT2D eigenvalue weighted by Gasteiger charge is 2.31. The number of fused-ring (bicyclic) bond motifs is 2. The van der Waals surface area contributed by atoms with Crippen LogP contribution in [0.2, 0.25) is 0 Å². The average molecular weight is 393 g/mol. The lowest BCUT2D eigenvalue weighted by atomic mass is 9.83. The van der Waals surface area contributed by atoms with Gasteiger partial charge in [0, 0.05) is 16.7 Å². The molecular weight excluding hydrogens is 378 g/mol. The first kappa shape index (κ1) is 18.1. The molecule has 140 valence electrons. The van der Waals surface area contributed by atoms with Crippen molar-refractivity contribution in [1.29, 1.82) is 0 Å². The van der Waals surface area contributed by atoms with Gasteiger partial charge in [-0.3, -0.25) is 14.1 Å². The summed E-state index contributed by atoms with van der Waals surface area (Å²) in [6.45, 7) is 1.70. The van der Waals surface area contributed by atoms with Crippen molar-refractivity contribution in [3.63, 3.8) is 0 Å². The van der Waals surface area contributed by atoms with E-state index in [2.05, 4.69) is 5.32 Å². The van der Waals surface area contributed by atoms with Crippen molar-refractivity contribution in [3.8, 4) is 0 Å². The maximum atomic E-state index is 13.0. The van der Waals surface area contributed by atoms with Crippen LogP contribution in [0.1, 0.15) is 37.4 Å². The zero-order valence-electron chi connectivity index (χ0n) is 14.8. The van der Waals surface area contributed by atoms with Crippen molar-refractivity contribution in [2.24, 2.45) is 0 Å². The van der Waals surface area contributed by atoms with Crippen molar-refractivity contribution in [1.82, 2.24) is 0 Å². The molecule has 1 aliphatic carbocycles. The molecule has 3 aromatic carbocycles. The summed E-state index contributed by atoms with van der Waals surface area (Å²) in [4.78, 5) is 25.5. The number of benzene rings is 3. The van der Waals surface area contributed by atoms with E-state index < -0.39 is 10.1 Å². The summed E-state index contributed by atoms with van der Waals surface area (Å²) in [5.41, 5.74) is 2.11. The number of carbonyl (C=O) groups excluding carboxylic acids is 2. The average Bonchev–Trinajstić information content (AvgIpc) is 2.66. The molecule has 2 N–H and O–H groups in total. The second-order valence-corrected chi connectivity index (χ2v) is 7.92. The van der Waals surface area contributed by atoms with Gasteiger partial charge in [0.05, 0.1) is 16.9 Å². The largest absolute Gasteiger partial charge is 0.354 e. The minimum atomic E-state index is -4.48. The molecule has 0 spiro atoms. The number of carbonyl (C=O) groups is 2. The smallest absolute Gasteiger partial charge is 0.296 e. The van der Waals surface area contributed by atoms with E-state index in [4.69, 9.17) is 0 Å². The van der Waals surface area contributed by atoms with E-state index in [0.717, 1.165) is 0 Å². The van der Waals surface area contributed by atoms with Gasteiger partial charge in [-0.2, -0.15) is 8.42 Å². The molecule has 28 heavy (non-hydrogen) atoms. The Hall–Kier alpha value is -3.29. The third kappa shape index (κ3) is 2.90. The Morgan fingerprint density at radius 3 is 2.11 bits per heavy atom. The van der Waals surface area contributed by atoms with E-state index in [-0.39, 0.29) is 33.3 Å². The van der Waals surface area contributed by atoms with Gasteiger partial charge >= 0.3 is 0 Å². The molecular formula is C21H15NO5S. The lowest BCUT2D eigenvalue weighted by Crippen LogP contribution is -2.22. The SMILES string of the molecule is Cc1ccc(Nc2cccc3c2C(=O)c2ccccc2C3=O)c(S(=O)(=O)O)c1. The molecule has 0 saturated carbocycles. The maximum absolute atomic E-state index is 13.0. The van der Waals surface area contributed by atoms with E-state index in [1.54, 1.807) is 55.5 Å². The first-order valence-corrected chi connectivity index (χ1v) is 9.88. The van der Waals surface area contributed by atoms with Crippen molar-refractivity contribution >= 4 is 33.1 Å². The van der Waals surface area contributed by atoms with E-state index >= 15 is 0 Å². The predicted octanol–water partition coefficient (Wildman–Crippen LogP) is 3.76. The molecule has 0 bridgehead atoms. The third-order valence-corrected chi connectivity index (χ3v) is 5.53. The maximum Gasteiger partial charge on any atom is 0.296 e. The van der Waals surface area contributed by atoms with Crippen LogP contribution in [0.5, 0.6) is 0 Å². The minimum Gasteiger partial charge on any atom is -0.354 e. The Morgan fingerprint density at radius 1 is 0.786 bits per heavy atom. The molecule has 0 fully saturated rings. The van der Waals surface area contributed by atoms with Gasteiger partial charge in [0.15, 0.2) is 11.6 Å². The number of hydrogen-bond donors (Lipinski definition) is 2. The summed E-state index contributed by atoms with van der Waals surface area (Å²) >= 11 is 0. The van der Waals surface area contributed by atoms with Crippen LogP contribution >= 0.6 is 0 Å². The molecule has 0 saturated heterocycles. The van der Waals surface area contributed by atoms with Gasteiger partial charge in [-0.25, -0.2) is 0 Å². The molecule has 0 aliphatic heterocycles. The molecule has 6 nitrogen and oxygen atoms in total. The first-order chi connectivity index (χ1) is 13.3. The monoisotopic (exact) mass is 393 g/mol. The number of anilines is 2. The van der Waals surface area contributed by atoms with Crippen LogP contribution in [-0.2, 0) is 10.1 Å². The van der Waals surface area contributed by atoms with Gasteiger partial charge in [0.2, 0.25) is 0 Å². The van der Waals surface area contributed by atoms with Crippen LogP contribution < -0.4 is 5.32 Å². The second-order valence-electron chi connectivity index (χ2n) is 6.53. The number of nitrogens with one attached hydrogen (secondary N) is 1. The van der Waals surface area contributed by atoms with Gasteiger partial charge in [-0.15, -0.1) is 0 Å². The number of hydrogen-bond acceptors (Lipinski definition) is 5. The highest BCUT2D eigenvalue weighted by Crippen LogP contribution is 2.34. The summed E-state index contributed by atoms with van der Waals surface area (Å²) in [5, 5.41) is 2.90. The van der Waals surface area contributed by atoms with Gasteiger partial charge < -0.3 is 5.32 Å². The predicted molar refractivity (Wildman–Crippen MR) is 104 cm³/mol. The van der Waals surface area contributed by atoms with Crippen LogP contribution in [0.3, 0.4) is 0 Å². The van der Waals surface area contributed by atoms with Crippen molar-refractivity contribution in [2.45, 2.75) is 11.8 Å². The van der Waals surface area contributed by atoms with Gasteiger partial charge in [-0.1, -0.05) is 42.5 Å². The zero-order valence-corrected chi connectivity index (χ0v) is 15.6. The highest BCUT2D eigenvalue weighted by molar-refractivity contribution is 7.86. The summed E-state index contributed by atoms with van der Waals surface area (Å²) in [6.07, 6.45) is 0. The quantitative estimate of drug-likeness (QED) is 0.514. The zero-order chi connectivity index (χ0) is 20.1. The Kier molecular flexibility index (Phi) is 4.14. The molecule has 0 radical (unpaired) electrons. The first-order valence-electron chi connectivity index (χ1n) is 8.44. The molecule has 0 unspecified atom stereocenters. The van der Waals surface area contributed by atoms with E-state index in [9.17, 15) is 22.6 Å². The standard InChI is InChI=1S/C21H15NO5S/c1-12-9-10-16(18(11-12)28(25,26)27)22-17-8-4-7-15-19(17)21(24)14-6-3-2-5-13(14)20(15)23/h2-11,22H,1H3,(H,25,26,27). The fourth-order valence-corrected chi connectivity index (χ4v) is 4.07. The summed E-state index contributed by atoms with van der Waals surface area (Å²) < 4.78 is 33.1.